The van der Waals surface area contributed by atoms with Gasteiger partial charge in [-0.05, 0) is 41.1 Å². The lowest BCUT2D eigenvalue weighted by atomic mass is 10.0. The molecule has 1 atom stereocenters. The summed E-state index contributed by atoms with van der Waals surface area (Å²) in [6.07, 6.45) is -4.09. The van der Waals surface area contributed by atoms with Crippen molar-refractivity contribution in [2.24, 2.45) is 0 Å². The highest BCUT2D eigenvalue weighted by molar-refractivity contribution is 7.21. The first-order valence-electron chi connectivity index (χ1n) is 10.8. The number of hydrogen-bond acceptors (Lipinski definition) is 5. The SMILES string of the molecule is O=C1CCC(N2Cc3cc(CNC(=O)c4cc5cccc(C(F)(F)F)c5s4)ccc3C2=O)C(=O)N1. The predicted octanol–water partition coefficient (Wildman–Crippen LogP) is 3.61. The molecule has 0 spiro atoms. The quantitative estimate of drug-likeness (QED) is 0.534. The van der Waals surface area contributed by atoms with Crippen LogP contribution in [0.1, 0.15) is 49.6 Å². The van der Waals surface area contributed by atoms with Crippen LogP contribution in [0, 0.1) is 0 Å². The number of imide groups is 1. The predicted molar refractivity (Wildman–Crippen MR) is 120 cm³/mol. The maximum atomic E-state index is 13.3. The van der Waals surface area contributed by atoms with E-state index in [1.54, 1.807) is 18.2 Å². The van der Waals surface area contributed by atoms with Gasteiger partial charge in [-0.1, -0.05) is 24.3 Å². The monoisotopic (exact) mass is 501 g/mol. The topological polar surface area (TPSA) is 95.6 Å². The average molecular weight is 501 g/mol. The zero-order chi connectivity index (χ0) is 24.9. The number of carbonyl (C=O) groups is 4. The summed E-state index contributed by atoms with van der Waals surface area (Å²) < 4.78 is 39.8. The van der Waals surface area contributed by atoms with Crippen LogP contribution in [0.3, 0.4) is 0 Å². The molecule has 1 aromatic heterocycles. The van der Waals surface area contributed by atoms with Crippen molar-refractivity contribution < 1.29 is 32.3 Å². The van der Waals surface area contributed by atoms with Gasteiger partial charge in [0.15, 0.2) is 0 Å². The molecule has 4 amide bonds. The Bertz CT molecular complexity index is 1400. The summed E-state index contributed by atoms with van der Waals surface area (Å²) in [5, 5.41) is 5.31. The van der Waals surface area contributed by atoms with Crippen LogP contribution in [0.15, 0.2) is 42.5 Å². The van der Waals surface area contributed by atoms with Crippen LogP contribution in [-0.2, 0) is 28.9 Å². The smallest absolute Gasteiger partial charge is 0.347 e. The fourth-order valence-corrected chi connectivity index (χ4v) is 5.51. The second kappa shape index (κ2) is 8.49. The zero-order valence-corrected chi connectivity index (χ0v) is 18.9. The van der Waals surface area contributed by atoms with Crippen molar-refractivity contribution in [3.63, 3.8) is 0 Å². The van der Waals surface area contributed by atoms with Gasteiger partial charge in [0.2, 0.25) is 11.8 Å². The van der Waals surface area contributed by atoms with Crippen LogP contribution in [-0.4, -0.2) is 34.6 Å². The second-order valence-corrected chi connectivity index (χ2v) is 9.46. The highest BCUT2D eigenvalue weighted by atomic mass is 32.1. The van der Waals surface area contributed by atoms with E-state index < -0.39 is 29.6 Å². The van der Waals surface area contributed by atoms with E-state index in [0.29, 0.717) is 22.1 Å². The minimum atomic E-state index is -4.51. The summed E-state index contributed by atoms with van der Waals surface area (Å²) >= 11 is 0.786. The summed E-state index contributed by atoms with van der Waals surface area (Å²) in [5.41, 5.74) is 1.08. The molecule has 7 nitrogen and oxygen atoms in total. The molecule has 0 saturated carbocycles. The highest BCUT2D eigenvalue weighted by Gasteiger charge is 2.39. The summed E-state index contributed by atoms with van der Waals surface area (Å²) in [6, 6.07) is 9.61. The number of benzene rings is 2. The van der Waals surface area contributed by atoms with E-state index in [1.807, 2.05) is 0 Å². The lowest BCUT2D eigenvalue weighted by Gasteiger charge is -2.29. The number of nitrogens with one attached hydrogen (secondary N) is 2. The van der Waals surface area contributed by atoms with Crippen molar-refractivity contribution in [1.29, 1.82) is 0 Å². The van der Waals surface area contributed by atoms with E-state index in [4.69, 9.17) is 0 Å². The van der Waals surface area contributed by atoms with Gasteiger partial charge in [-0.2, -0.15) is 13.2 Å². The molecule has 1 fully saturated rings. The first-order chi connectivity index (χ1) is 16.6. The molecule has 0 bridgehead atoms. The summed E-state index contributed by atoms with van der Waals surface area (Å²) in [6.45, 7) is 0.317. The minimum absolute atomic E-state index is 0.00901. The lowest BCUT2D eigenvalue weighted by molar-refractivity contribution is -0.137. The standard InChI is InChI=1S/C24H18F3N3O4S/c25-24(26,27)16-3-1-2-13-9-18(35-20(13)16)22(33)28-10-12-4-5-15-14(8-12)11-30(23(15)34)17-6-7-19(31)29-21(17)32/h1-5,8-9,17H,6-7,10-11H2,(H,28,33)(H,29,31,32). The molecule has 5 rings (SSSR count). The van der Waals surface area contributed by atoms with E-state index in [0.717, 1.165) is 17.4 Å². The van der Waals surface area contributed by atoms with Gasteiger partial charge in [-0.25, -0.2) is 0 Å². The Morgan fingerprint density at radius 2 is 1.94 bits per heavy atom. The number of hydrogen-bond donors (Lipinski definition) is 2. The molecule has 35 heavy (non-hydrogen) atoms. The summed E-state index contributed by atoms with van der Waals surface area (Å²) in [4.78, 5) is 50.6. The van der Waals surface area contributed by atoms with Crippen LogP contribution >= 0.6 is 11.3 Å². The molecule has 2 aliphatic heterocycles. The Morgan fingerprint density at radius 1 is 1.14 bits per heavy atom. The number of thiophene rings is 1. The van der Waals surface area contributed by atoms with Gasteiger partial charge in [0.05, 0.1) is 10.4 Å². The molecule has 3 aromatic rings. The number of nitrogens with zero attached hydrogens (tertiary/aromatic N) is 1. The Balaban J connectivity index is 1.28. The minimum Gasteiger partial charge on any atom is -0.347 e. The third-order valence-electron chi connectivity index (χ3n) is 6.11. The first-order valence-corrected chi connectivity index (χ1v) is 11.6. The van der Waals surface area contributed by atoms with Crippen molar-refractivity contribution in [2.75, 3.05) is 0 Å². The Hall–Kier alpha value is -3.73. The van der Waals surface area contributed by atoms with Gasteiger partial charge in [0.1, 0.15) is 6.04 Å². The van der Waals surface area contributed by atoms with Gasteiger partial charge in [0, 0.05) is 29.8 Å². The number of halogens is 3. The van der Waals surface area contributed by atoms with Crippen LogP contribution in [0.2, 0.25) is 0 Å². The van der Waals surface area contributed by atoms with Gasteiger partial charge in [-0.15, -0.1) is 11.3 Å². The van der Waals surface area contributed by atoms with Crippen molar-refractivity contribution >= 4 is 45.1 Å². The number of rotatable bonds is 4. The summed E-state index contributed by atoms with van der Waals surface area (Å²) in [5.74, 6) is -1.65. The fraction of sp³-hybridized carbons (Fsp3) is 0.250. The highest BCUT2D eigenvalue weighted by Crippen LogP contribution is 2.38. The number of piperidine rings is 1. The van der Waals surface area contributed by atoms with Gasteiger partial charge < -0.3 is 10.2 Å². The average Bonchev–Trinajstić information content (AvgIpc) is 3.38. The van der Waals surface area contributed by atoms with Crippen LogP contribution < -0.4 is 10.6 Å². The van der Waals surface area contributed by atoms with Crippen molar-refractivity contribution in [3.05, 3.63) is 69.6 Å². The maximum absolute atomic E-state index is 13.3. The summed E-state index contributed by atoms with van der Waals surface area (Å²) in [7, 11) is 0. The molecular formula is C24H18F3N3O4S. The van der Waals surface area contributed by atoms with Gasteiger partial charge >= 0.3 is 6.18 Å². The Labute approximate surface area is 200 Å². The van der Waals surface area contributed by atoms with E-state index in [2.05, 4.69) is 10.6 Å². The van der Waals surface area contributed by atoms with E-state index in [1.165, 1.54) is 23.1 Å². The first kappa shape index (κ1) is 23.0. The molecule has 2 aromatic carbocycles. The second-order valence-electron chi connectivity index (χ2n) is 8.41. The molecule has 0 radical (unpaired) electrons. The van der Waals surface area contributed by atoms with E-state index in [-0.39, 0.29) is 47.3 Å². The molecular weight excluding hydrogens is 483 g/mol. The molecule has 2 aliphatic rings. The van der Waals surface area contributed by atoms with Gasteiger partial charge in [0.25, 0.3) is 11.8 Å². The van der Waals surface area contributed by atoms with E-state index in [9.17, 15) is 32.3 Å². The van der Waals surface area contributed by atoms with E-state index >= 15 is 0 Å². The fourth-order valence-electron chi connectivity index (χ4n) is 4.41. The number of carbonyl (C=O) groups excluding carboxylic acids is 4. The Morgan fingerprint density at radius 3 is 2.69 bits per heavy atom. The molecule has 3 heterocycles. The number of alkyl halides is 3. The number of amides is 4. The van der Waals surface area contributed by atoms with Crippen molar-refractivity contribution in [3.8, 4) is 0 Å². The largest absolute Gasteiger partial charge is 0.417 e. The molecule has 1 unspecified atom stereocenters. The molecule has 2 N–H and O–H groups in total. The van der Waals surface area contributed by atoms with Crippen LogP contribution in [0.5, 0.6) is 0 Å². The zero-order valence-electron chi connectivity index (χ0n) is 18.1. The molecule has 1 saturated heterocycles. The maximum Gasteiger partial charge on any atom is 0.417 e. The third-order valence-corrected chi connectivity index (χ3v) is 7.30. The molecule has 11 heteroatoms. The lowest BCUT2D eigenvalue weighted by Crippen LogP contribution is -2.52. The van der Waals surface area contributed by atoms with Crippen LogP contribution in [0.4, 0.5) is 13.2 Å². The third kappa shape index (κ3) is 4.27. The Kier molecular flexibility index (Phi) is 5.59. The molecule has 180 valence electrons. The number of fused-ring (bicyclic) bond motifs is 2. The molecule has 0 aliphatic carbocycles. The van der Waals surface area contributed by atoms with Crippen molar-refractivity contribution in [1.82, 2.24) is 15.5 Å². The van der Waals surface area contributed by atoms with Crippen LogP contribution in [0.25, 0.3) is 10.1 Å². The normalized spacial score (nSPS) is 18.1. The van der Waals surface area contributed by atoms with Gasteiger partial charge in [-0.3, -0.25) is 24.5 Å². The van der Waals surface area contributed by atoms with Crippen molar-refractivity contribution in [2.45, 2.75) is 38.1 Å².